The molecule has 0 radical (unpaired) electrons. The molecule has 0 spiro atoms. The Labute approximate surface area is 148 Å². The minimum absolute atomic E-state index is 0.0457. The van der Waals surface area contributed by atoms with E-state index in [4.69, 9.17) is 0 Å². The highest BCUT2D eigenvalue weighted by Crippen LogP contribution is 2.36. The molecule has 2 aliphatic rings. The van der Waals surface area contributed by atoms with Crippen molar-refractivity contribution in [3.05, 3.63) is 36.0 Å². The van der Waals surface area contributed by atoms with Crippen molar-refractivity contribution in [2.45, 2.75) is 51.0 Å². The fourth-order valence-electron chi connectivity index (χ4n) is 4.81. The Balaban J connectivity index is 1.54. The summed E-state index contributed by atoms with van der Waals surface area (Å²) in [5, 5.41) is 10.8. The molecule has 1 aliphatic carbocycles. The van der Waals surface area contributed by atoms with Crippen LogP contribution in [0.25, 0.3) is 10.9 Å². The van der Waals surface area contributed by atoms with Crippen LogP contribution < -0.4 is 0 Å². The van der Waals surface area contributed by atoms with Crippen molar-refractivity contribution in [1.29, 1.82) is 5.26 Å². The maximum absolute atomic E-state index is 13.1. The summed E-state index contributed by atoms with van der Waals surface area (Å²) in [6, 6.07) is 10.7. The van der Waals surface area contributed by atoms with E-state index in [9.17, 15) is 10.1 Å². The Morgan fingerprint density at radius 2 is 2.04 bits per heavy atom. The van der Waals surface area contributed by atoms with Crippen molar-refractivity contribution in [3.63, 3.8) is 0 Å². The molecule has 2 aromatic rings. The van der Waals surface area contributed by atoms with Gasteiger partial charge in [0.1, 0.15) is 5.92 Å². The minimum atomic E-state index is -0.583. The number of nitriles is 1. The van der Waals surface area contributed by atoms with Crippen LogP contribution in [0.3, 0.4) is 0 Å². The molecule has 3 atom stereocenters. The van der Waals surface area contributed by atoms with Gasteiger partial charge in [-0.2, -0.15) is 5.26 Å². The van der Waals surface area contributed by atoms with Gasteiger partial charge in [-0.1, -0.05) is 31.0 Å². The number of hydrogen-bond donors (Lipinski definition) is 1. The molecule has 4 rings (SSSR count). The van der Waals surface area contributed by atoms with E-state index in [-0.39, 0.29) is 5.91 Å². The number of carbonyl (C=O) groups is 1. The van der Waals surface area contributed by atoms with Gasteiger partial charge >= 0.3 is 0 Å². The van der Waals surface area contributed by atoms with Crippen molar-refractivity contribution >= 4 is 16.8 Å². The summed E-state index contributed by atoms with van der Waals surface area (Å²) in [4.78, 5) is 18.4. The number of carbonyl (C=O) groups excluding carboxylic acids is 1. The van der Waals surface area contributed by atoms with Gasteiger partial charge in [0.25, 0.3) is 0 Å². The highest BCUT2D eigenvalue weighted by Gasteiger charge is 2.38. The van der Waals surface area contributed by atoms with Gasteiger partial charge in [0, 0.05) is 29.7 Å². The zero-order chi connectivity index (χ0) is 17.2. The number of H-pyrrole nitrogens is 1. The van der Waals surface area contributed by atoms with Gasteiger partial charge in [-0.05, 0) is 49.7 Å². The van der Waals surface area contributed by atoms with Crippen molar-refractivity contribution < 1.29 is 4.79 Å². The lowest BCUT2D eigenvalue weighted by atomic mass is 9.78. The van der Waals surface area contributed by atoms with E-state index in [2.05, 4.69) is 22.0 Å². The van der Waals surface area contributed by atoms with Crippen molar-refractivity contribution in [2.75, 3.05) is 6.54 Å². The van der Waals surface area contributed by atoms with E-state index in [1.54, 1.807) is 0 Å². The molecule has 1 aliphatic heterocycles. The number of hydrogen-bond acceptors (Lipinski definition) is 2. The quantitative estimate of drug-likeness (QED) is 0.920. The highest BCUT2D eigenvalue weighted by atomic mass is 16.2. The Hall–Kier alpha value is -2.28. The predicted octanol–water partition coefficient (Wildman–Crippen LogP) is 4.03. The Bertz CT molecular complexity index is 801. The fourth-order valence-corrected chi connectivity index (χ4v) is 4.81. The predicted molar refractivity (Wildman–Crippen MR) is 97.8 cm³/mol. The standard InChI is InChI=1S/C21H25N3O/c22-13-16(12-17-14-23-19-9-3-2-8-18(17)19)21(25)24-11-5-7-15-6-1-4-10-20(15)24/h2-3,8-9,14-16,20,23H,1,4-7,10-12H2. The van der Waals surface area contributed by atoms with E-state index in [1.807, 2.05) is 24.4 Å². The van der Waals surface area contributed by atoms with Crippen molar-refractivity contribution in [3.8, 4) is 6.07 Å². The molecule has 4 nitrogen and oxygen atoms in total. The first kappa shape index (κ1) is 16.2. The van der Waals surface area contributed by atoms with Gasteiger partial charge < -0.3 is 9.88 Å². The van der Waals surface area contributed by atoms with Crippen molar-refractivity contribution in [1.82, 2.24) is 9.88 Å². The van der Waals surface area contributed by atoms with Gasteiger partial charge in [-0.25, -0.2) is 0 Å². The number of aromatic amines is 1. The van der Waals surface area contributed by atoms with Crippen LogP contribution >= 0.6 is 0 Å². The largest absolute Gasteiger partial charge is 0.361 e. The second kappa shape index (κ2) is 6.92. The monoisotopic (exact) mass is 335 g/mol. The summed E-state index contributed by atoms with van der Waals surface area (Å²) < 4.78 is 0. The number of nitrogens with zero attached hydrogens (tertiary/aromatic N) is 2. The molecule has 0 bridgehead atoms. The zero-order valence-corrected chi connectivity index (χ0v) is 14.6. The summed E-state index contributed by atoms with van der Waals surface area (Å²) in [6.45, 7) is 0.825. The molecule has 4 heteroatoms. The lowest BCUT2D eigenvalue weighted by molar-refractivity contribution is -0.140. The number of amides is 1. The van der Waals surface area contributed by atoms with Crippen LogP contribution in [0.5, 0.6) is 0 Å². The number of fused-ring (bicyclic) bond motifs is 2. The number of aromatic nitrogens is 1. The number of rotatable bonds is 3. The Morgan fingerprint density at radius 1 is 1.24 bits per heavy atom. The number of likely N-dealkylation sites (tertiary alicyclic amines) is 1. The average Bonchev–Trinajstić information content (AvgIpc) is 3.08. The van der Waals surface area contributed by atoms with E-state index < -0.39 is 5.92 Å². The third kappa shape index (κ3) is 3.04. The number of para-hydroxylation sites is 1. The van der Waals surface area contributed by atoms with E-state index in [0.717, 1.165) is 35.9 Å². The molecule has 1 N–H and O–H groups in total. The van der Waals surface area contributed by atoms with Gasteiger partial charge in [-0.3, -0.25) is 4.79 Å². The van der Waals surface area contributed by atoms with Crippen LogP contribution in [0.2, 0.25) is 0 Å². The molecular weight excluding hydrogens is 310 g/mol. The van der Waals surface area contributed by atoms with Crippen LogP contribution in [-0.2, 0) is 11.2 Å². The summed E-state index contributed by atoms with van der Waals surface area (Å²) in [5.41, 5.74) is 2.12. The lowest BCUT2D eigenvalue weighted by Gasteiger charge is -2.44. The minimum Gasteiger partial charge on any atom is -0.361 e. The molecule has 2 heterocycles. The van der Waals surface area contributed by atoms with Gasteiger partial charge in [0.05, 0.1) is 6.07 Å². The first-order valence-corrected chi connectivity index (χ1v) is 9.53. The van der Waals surface area contributed by atoms with E-state index in [1.165, 1.54) is 25.7 Å². The first-order valence-electron chi connectivity index (χ1n) is 9.53. The third-order valence-electron chi connectivity index (χ3n) is 6.08. The molecule has 3 unspecified atom stereocenters. The van der Waals surface area contributed by atoms with Gasteiger partial charge in [0.15, 0.2) is 0 Å². The normalized spacial score (nSPS) is 24.5. The van der Waals surface area contributed by atoms with Crippen LogP contribution in [0.4, 0.5) is 0 Å². The van der Waals surface area contributed by atoms with Crippen LogP contribution in [-0.4, -0.2) is 28.4 Å². The number of nitrogens with one attached hydrogen (secondary N) is 1. The van der Waals surface area contributed by atoms with Gasteiger partial charge in [-0.15, -0.1) is 0 Å². The zero-order valence-electron chi connectivity index (χ0n) is 14.6. The Kier molecular flexibility index (Phi) is 4.48. The molecule has 2 fully saturated rings. The number of benzene rings is 1. The molecular formula is C21H25N3O. The van der Waals surface area contributed by atoms with Crippen LogP contribution in [0, 0.1) is 23.2 Å². The first-order chi connectivity index (χ1) is 12.3. The van der Waals surface area contributed by atoms with Crippen LogP contribution in [0.15, 0.2) is 30.5 Å². The lowest BCUT2D eigenvalue weighted by Crippen LogP contribution is -2.51. The maximum atomic E-state index is 13.1. The SMILES string of the molecule is N#CC(Cc1c[nH]c2ccccc12)C(=O)N1CCCC2CCCCC21. The number of piperidine rings is 1. The summed E-state index contributed by atoms with van der Waals surface area (Å²) in [5.74, 6) is 0.114. The molecule has 25 heavy (non-hydrogen) atoms. The summed E-state index contributed by atoms with van der Waals surface area (Å²) >= 11 is 0. The van der Waals surface area contributed by atoms with Gasteiger partial charge in [0.2, 0.25) is 5.91 Å². The fraction of sp³-hybridized carbons (Fsp3) is 0.524. The molecule has 1 saturated carbocycles. The smallest absolute Gasteiger partial charge is 0.240 e. The average molecular weight is 335 g/mol. The van der Waals surface area contributed by atoms with E-state index >= 15 is 0 Å². The summed E-state index contributed by atoms with van der Waals surface area (Å²) in [7, 11) is 0. The topological polar surface area (TPSA) is 59.9 Å². The molecule has 1 aromatic heterocycles. The Morgan fingerprint density at radius 3 is 2.92 bits per heavy atom. The molecule has 1 aromatic carbocycles. The maximum Gasteiger partial charge on any atom is 0.240 e. The molecule has 1 saturated heterocycles. The third-order valence-corrected chi connectivity index (χ3v) is 6.08. The second-order valence-corrected chi connectivity index (χ2v) is 7.53. The molecule has 130 valence electrons. The molecule has 1 amide bonds. The highest BCUT2D eigenvalue weighted by molar-refractivity contribution is 5.86. The van der Waals surface area contributed by atoms with E-state index in [0.29, 0.717) is 18.4 Å². The van der Waals surface area contributed by atoms with Crippen molar-refractivity contribution in [2.24, 2.45) is 11.8 Å². The second-order valence-electron chi connectivity index (χ2n) is 7.53. The summed E-state index contributed by atoms with van der Waals surface area (Å²) in [6.07, 6.45) is 9.63. The van der Waals surface area contributed by atoms with Crippen LogP contribution in [0.1, 0.15) is 44.1 Å².